The second kappa shape index (κ2) is 5.67. The minimum atomic E-state index is 0.680. The van der Waals surface area contributed by atoms with Gasteiger partial charge in [-0.05, 0) is 43.0 Å². The molecule has 20 heavy (non-hydrogen) atoms. The van der Waals surface area contributed by atoms with Crippen molar-refractivity contribution in [1.29, 1.82) is 0 Å². The molecule has 4 heteroatoms. The summed E-state index contributed by atoms with van der Waals surface area (Å²) < 4.78 is 5.25. The fourth-order valence-electron chi connectivity index (χ4n) is 3.02. The molecule has 1 fully saturated rings. The molecular weight excluding hydrogens is 250 g/mol. The van der Waals surface area contributed by atoms with E-state index in [0.29, 0.717) is 5.92 Å². The van der Waals surface area contributed by atoms with E-state index in [4.69, 9.17) is 10.5 Å². The molecule has 1 saturated heterocycles. The van der Waals surface area contributed by atoms with E-state index in [9.17, 15) is 0 Å². The normalized spacial score (nSPS) is 16.8. The van der Waals surface area contributed by atoms with Crippen LogP contribution >= 0.6 is 0 Å². The van der Waals surface area contributed by atoms with E-state index in [1.54, 1.807) is 13.3 Å². The SMILES string of the molecule is COCC1CCN(c2ccc3ncccc3c2N)CC1. The molecule has 2 N–H and O–H groups in total. The first-order valence-electron chi connectivity index (χ1n) is 7.16. The summed E-state index contributed by atoms with van der Waals surface area (Å²) >= 11 is 0. The van der Waals surface area contributed by atoms with E-state index in [1.165, 1.54) is 12.8 Å². The molecule has 0 atom stereocenters. The molecule has 1 aromatic heterocycles. The highest BCUT2D eigenvalue weighted by molar-refractivity contribution is 5.97. The zero-order valence-electron chi connectivity index (χ0n) is 11.9. The third kappa shape index (κ3) is 2.43. The lowest BCUT2D eigenvalue weighted by Crippen LogP contribution is -2.35. The number of hydrogen-bond acceptors (Lipinski definition) is 4. The lowest BCUT2D eigenvalue weighted by atomic mass is 9.97. The van der Waals surface area contributed by atoms with Crippen LogP contribution in [0.4, 0.5) is 11.4 Å². The van der Waals surface area contributed by atoms with Crippen LogP contribution in [0, 0.1) is 5.92 Å². The van der Waals surface area contributed by atoms with E-state index in [2.05, 4.69) is 22.0 Å². The number of pyridine rings is 1. The number of rotatable bonds is 3. The van der Waals surface area contributed by atoms with Crippen LogP contribution in [-0.4, -0.2) is 31.8 Å². The summed E-state index contributed by atoms with van der Waals surface area (Å²) in [6.07, 6.45) is 4.13. The number of anilines is 2. The Morgan fingerprint density at radius 3 is 2.85 bits per heavy atom. The third-order valence-corrected chi connectivity index (χ3v) is 4.16. The number of nitrogens with two attached hydrogens (primary N) is 1. The Hall–Kier alpha value is -1.81. The van der Waals surface area contributed by atoms with Gasteiger partial charge in [0.1, 0.15) is 0 Å². The fraction of sp³-hybridized carbons (Fsp3) is 0.438. The molecule has 1 aromatic carbocycles. The Morgan fingerprint density at radius 1 is 1.30 bits per heavy atom. The maximum absolute atomic E-state index is 6.34. The smallest absolute Gasteiger partial charge is 0.0724 e. The van der Waals surface area contributed by atoms with Crippen molar-refractivity contribution in [2.75, 3.05) is 37.4 Å². The molecule has 4 nitrogen and oxygen atoms in total. The number of aromatic nitrogens is 1. The maximum atomic E-state index is 6.34. The van der Waals surface area contributed by atoms with E-state index in [1.807, 2.05) is 12.1 Å². The quantitative estimate of drug-likeness (QED) is 0.872. The van der Waals surface area contributed by atoms with Gasteiger partial charge < -0.3 is 15.4 Å². The summed E-state index contributed by atoms with van der Waals surface area (Å²) in [5, 5.41) is 1.05. The molecule has 0 unspecified atom stereocenters. The van der Waals surface area contributed by atoms with Crippen molar-refractivity contribution in [2.24, 2.45) is 5.92 Å². The van der Waals surface area contributed by atoms with Crippen LogP contribution in [-0.2, 0) is 4.74 Å². The van der Waals surface area contributed by atoms with Gasteiger partial charge >= 0.3 is 0 Å². The van der Waals surface area contributed by atoms with Gasteiger partial charge in [0, 0.05) is 38.4 Å². The number of fused-ring (bicyclic) bond motifs is 1. The van der Waals surface area contributed by atoms with E-state index >= 15 is 0 Å². The largest absolute Gasteiger partial charge is 0.396 e. The first-order valence-corrected chi connectivity index (χ1v) is 7.16. The summed E-state index contributed by atoms with van der Waals surface area (Å²) in [6.45, 7) is 2.96. The van der Waals surface area contributed by atoms with Crippen molar-refractivity contribution in [3.05, 3.63) is 30.5 Å². The van der Waals surface area contributed by atoms with Crippen LogP contribution in [0.1, 0.15) is 12.8 Å². The van der Waals surface area contributed by atoms with Gasteiger partial charge in [-0.2, -0.15) is 0 Å². The second-order valence-electron chi connectivity index (χ2n) is 5.45. The van der Waals surface area contributed by atoms with Gasteiger partial charge in [-0.15, -0.1) is 0 Å². The second-order valence-corrected chi connectivity index (χ2v) is 5.45. The Labute approximate surface area is 119 Å². The third-order valence-electron chi connectivity index (χ3n) is 4.16. The highest BCUT2D eigenvalue weighted by Crippen LogP contribution is 2.32. The van der Waals surface area contributed by atoms with Crippen LogP contribution in [0.25, 0.3) is 10.9 Å². The molecule has 0 spiro atoms. The molecule has 3 rings (SSSR count). The van der Waals surface area contributed by atoms with Crippen molar-refractivity contribution < 1.29 is 4.74 Å². The van der Waals surface area contributed by atoms with Gasteiger partial charge in [0.25, 0.3) is 0 Å². The van der Waals surface area contributed by atoms with Crippen LogP contribution in [0.15, 0.2) is 30.5 Å². The molecule has 2 aromatic rings. The van der Waals surface area contributed by atoms with Crippen LogP contribution in [0.2, 0.25) is 0 Å². The topological polar surface area (TPSA) is 51.4 Å². The zero-order chi connectivity index (χ0) is 13.9. The van der Waals surface area contributed by atoms with Crippen LogP contribution in [0.5, 0.6) is 0 Å². The summed E-state index contributed by atoms with van der Waals surface area (Å²) in [4.78, 5) is 6.73. The van der Waals surface area contributed by atoms with Crippen LogP contribution in [0.3, 0.4) is 0 Å². The lowest BCUT2D eigenvalue weighted by Gasteiger charge is -2.34. The average Bonchev–Trinajstić information content (AvgIpc) is 2.49. The van der Waals surface area contributed by atoms with E-state index in [-0.39, 0.29) is 0 Å². The summed E-state index contributed by atoms with van der Waals surface area (Å²) in [7, 11) is 1.78. The minimum absolute atomic E-state index is 0.680. The van der Waals surface area contributed by atoms with Crippen molar-refractivity contribution in [2.45, 2.75) is 12.8 Å². The van der Waals surface area contributed by atoms with Gasteiger partial charge in [-0.1, -0.05) is 0 Å². The Morgan fingerprint density at radius 2 is 2.10 bits per heavy atom. The molecule has 0 radical (unpaired) electrons. The molecule has 0 saturated carbocycles. The van der Waals surface area contributed by atoms with Gasteiger partial charge in [-0.25, -0.2) is 0 Å². The molecule has 1 aliphatic heterocycles. The zero-order valence-corrected chi connectivity index (χ0v) is 11.9. The Balaban J connectivity index is 1.83. The number of benzene rings is 1. The van der Waals surface area contributed by atoms with E-state index in [0.717, 1.165) is 42.0 Å². The summed E-state index contributed by atoms with van der Waals surface area (Å²) in [5.74, 6) is 0.680. The minimum Gasteiger partial charge on any atom is -0.396 e. The maximum Gasteiger partial charge on any atom is 0.0724 e. The van der Waals surface area contributed by atoms with Crippen molar-refractivity contribution in [3.8, 4) is 0 Å². The molecule has 0 bridgehead atoms. The molecule has 1 aliphatic rings. The van der Waals surface area contributed by atoms with E-state index < -0.39 is 0 Å². The van der Waals surface area contributed by atoms with Gasteiger partial charge in [-0.3, -0.25) is 4.98 Å². The number of hydrogen-bond donors (Lipinski definition) is 1. The molecule has 0 amide bonds. The van der Waals surface area contributed by atoms with Gasteiger partial charge in [0.15, 0.2) is 0 Å². The summed E-state index contributed by atoms with van der Waals surface area (Å²) in [5.41, 5.74) is 9.29. The summed E-state index contributed by atoms with van der Waals surface area (Å²) in [6, 6.07) is 8.13. The molecule has 2 heterocycles. The highest BCUT2D eigenvalue weighted by Gasteiger charge is 2.21. The number of nitrogen functional groups attached to an aromatic ring is 1. The van der Waals surface area contributed by atoms with Gasteiger partial charge in [0.05, 0.1) is 16.9 Å². The predicted octanol–water partition coefficient (Wildman–Crippen LogP) is 2.68. The monoisotopic (exact) mass is 271 g/mol. The Kier molecular flexibility index (Phi) is 3.74. The van der Waals surface area contributed by atoms with Gasteiger partial charge in [0.2, 0.25) is 0 Å². The first-order chi connectivity index (χ1) is 9.79. The standard InChI is InChI=1S/C16H21N3O/c1-20-11-12-6-9-19(10-7-12)15-5-4-14-13(16(15)17)3-2-8-18-14/h2-5,8,12H,6-7,9-11,17H2,1H3. The first kappa shape index (κ1) is 13.2. The lowest BCUT2D eigenvalue weighted by molar-refractivity contribution is 0.139. The highest BCUT2D eigenvalue weighted by atomic mass is 16.5. The van der Waals surface area contributed by atoms with Crippen LogP contribution < -0.4 is 10.6 Å². The molecular formula is C16H21N3O. The number of ether oxygens (including phenoxy) is 1. The number of nitrogens with zero attached hydrogens (tertiary/aromatic N) is 2. The number of methoxy groups -OCH3 is 1. The van der Waals surface area contributed by atoms with Crippen molar-refractivity contribution >= 4 is 22.3 Å². The average molecular weight is 271 g/mol. The fourth-order valence-corrected chi connectivity index (χ4v) is 3.02. The molecule has 106 valence electrons. The van der Waals surface area contributed by atoms with Crippen molar-refractivity contribution in [3.63, 3.8) is 0 Å². The number of piperidine rings is 1. The predicted molar refractivity (Wildman–Crippen MR) is 83.0 cm³/mol. The Bertz CT molecular complexity index is 591. The van der Waals surface area contributed by atoms with Crippen molar-refractivity contribution in [1.82, 2.24) is 4.98 Å². The molecule has 0 aliphatic carbocycles.